The first-order valence-electron chi connectivity index (χ1n) is 3.83. The zero-order chi connectivity index (χ0) is 9.26. The Labute approximate surface area is 92.6 Å². The van der Waals surface area contributed by atoms with Crippen LogP contribution in [0.3, 0.4) is 0 Å². The molecule has 0 fully saturated rings. The van der Waals surface area contributed by atoms with E-state index in [0.717, 1.165) is 16.6 Å². The summed E-state index contributed by atoms with van der Waals surface area (Å²) in [6.45, 7) is 0. The number of hydrogen-bond acceptors (Lipinski definition) is 3. The predicted octanol–water partition coefficient (Wildman–Crippen LogP) is 2.60. The lowest BCUT2D eigenvalue weighted by atomic mass is 10.2. The van der Waals surface area contributed by atoms with Crippen LogP contribution in [0, 0.1) is 0 Å². The second kappa shape index (κ2) is 4.46. The molecule has 0 radical (unpaired) electrons. The van der Waals surface area contributed by atoms with Crippen molar-refractivity contribution in [1.82, 2.24) is 4.98 Å². The second-order valence-electron chi connectivity index (χ2n) is 2.64. The van der Waals surface area contributed by atoms with Crippen molar-refractivity contribution in [1.29, 1.82) is 0 Å². The molecule has 74 valence electrons. The Balaban J connectivity index is 0.000000980. The predicted molar refractivity (Wildman–Crippen MR) is 61.8 cm³/mol. The standard InChI is InChI=1S/C9H8ClN3.ClH/c10-7-3-1-2-6-8(13-11)4-5-12-9(6)7;/h1-5H,11H2,(H,12,13);1H. The number of benzene rings is 1. The summed E-state index contributed by atoms with van der Waals surface area (Å²) < 4.78 is 0. The molecular weight excluding hydrogens is 221 g/mol. The van der Waals surface area contributed by atoms with E-state index in [1.54, 1.807) is 18.3 Å². The Hall–Kier alpha value is -1.03. The number of nitrogen functional groups attached to an aromatic ring is 1. The van der Waals surface area contributed by atoms with Crippen molar-refractivity contribution in [3.63, 3.8) is 0 Å². The van der Waals surface area contributed by atoms with E-state index in [1.807, 2.05) is 12.1 Å². The van der Waals surface area contributed by atoms with Crippen molar-refractivity contribution in [2.24, 2.45) is 5.84 Å². The van der Waals surface area contributed by atoms with Crippen LogP contribution in [0.4, 0.5) is 5.69 Å². The summed E-state index contributed by atoms with van der Waals surface area (Å²) in [6, 6.07) is 7.40. The van der Waals surface area contributed by atoms with Crippen molar-refractivity contribution in [3.8, 4) is 0 Å². The smallest absolute Gasteiger partial charge is 0.0909 e. The molecule has 5 heteroatoms. The highest BCUT2D eigenvalue weighted by Crippen LogP contribution is 2.25. The van der Waals surface area contributed by atoms with Gasteiger partial charge in [0.05, 0.1) is 16.2 Å². The summed E-state index contributed by atoms with van der Waals surface area (Å²) in [5.41, 5.74) is 4.19. The number of nitrogens with two attached hydrogens (primary N) is 1. The summed E-state index contributed by atoms with van der Waals surface area (Å²) in [5, 5.41) is 1.56. The van der Waals surface area contributed by atoms with Gasteiger partial charge in [0.15, 0.2) is 0 Å². The number of aromatic nitrogens is 1. The summed E-state index contributed by atoms with van der Waals surface area (Å²) >= 11 is 5.95. The highest BCUT2D eigenvalue weighted by molar-refractivity contribution is 6.35. The van der Waals surface area contributed by atoms with Crippen LogP contribution in [-0.2, 0) is 0 Å². The summed E-state index contributed by atoms with van der Waals surface area (Å²) in [5.74, 6) is 5.35. The first-order valence-corrected chi connectivity index (χ1v) is 4.20. The molecule has 0 aliphatic rings. The molecule has 0 aliphatic carbocycles. The number of nitrogens with one attached hydrogen (secondary N) is 1. The van der Waals surface area contributed by atoms with E-state index in [0.29, 0.717) is 5.02 Å². The Morgan fingerprint density at radius 1 is 1.29 bits per heavy atom. The third-order valence-corrected chi connectivity index (χ3v) is 2.18. The molecule has 0 atom stereocenters. The van der Waals surface area contributed by atoms with Gasteiger partial charge in [-0.25, -0.2) is 0 Å². The Kier molecular flexibility index (Phi) is 3.52. The van der Waals surface area contributed by atoms with Crippen molar-refractivity contribution >= 4 is 40.6 Å². The summed E-state index contributed by atoms with van der Waals surface area (Å²) in [4.78, 5) is 4.16. The lowest BCUT2D eigenvalue weighted by Crippen LogP contribution is -2.07. The molecule has 0 unspecified atom stereocenters. The molecule has 1 heterocycles. The fourth-order valence-corrected chi connectivity index (χ4v) is 1.49. The summed E-state index contributed by atoms with van der Waals surface area (Å²) in [7, 11) is 0. The van der Waals surface area contributed by atoms with Gasteiger partial charge in [-0.1, -0.05) is 23.7 Å². The third kappa shape index (κ3) is 1.75. The van der Waals surface area contributed by atoms with E-state index in [-0.39, 0.29) is 12.4 Å². The number of fused-ring (bicyclic) bond motifs is 1. The highest BCUT2D eigenvalue weighted by atomic mass is 35.5. The molecule has 1 aromatic carbocycles. The number of anilines is 1. The first kappa shape index (κ1) is 11.0. The number of pyridine rings is 1. The Bertz CT molecular complexity index is 445. The lowest BCUT2D eigenvalue weighted by Gasteiger charge is -2.04. The average Bonchev–Trinajstić information content (AvgIpc) is 2.18. The normalized spacial score (nSPS) is 9.57. The van der Waals surface area contributed by atoms with Gasteiger partial charge in [0, 0.05) is 11.6 Å². The zero-order valence-corrected chi connectivity index (χ0v) is 8.77. The maximum Gasteiger partial charge on any atom is 0.0909 e. The topological polar surface area (TPSA) is 50.9 Å². The molecule has 0 saturated carbocycles. The van der Waals surface area contributed by atoms with Crippen LogP contribution in [-0.4, -0.2) is 4.98 Å². The van der Waals surface area contributed by atoms with Crippen molar-refractivity contribution in [2.75, 3.05) is 5.43 Å². The number of hydrazine groups is 1. The van der Waals surface area contributed by atoms with Crippen LogP contribution in [0.15, 0.2) is 30.5 Å². The number of halogens is 2. The third-order valence-electron chi connectivity index (χ3n) is 1.88. The van der Waals surface area contributed by atoms with Crippen molar-refractivity contribution in [3.05, 3.63) is 35.5 Å². The minimum atomic E-state index is 0. The SMILES string of the molecule is Cl.NNc1ccnc2c(Cl)cccc12. The van der Waals surface area contributed by atoms with Gasteiger partial charge in [0.25, 0.3) is 0 Å². The van der Waals surface area contributed by atoms with Gasteiger partial charge < -0.3 is 5.43 Å². The minimum absolute atomic E-state index is 0. The molecule has 0 bridgehead atoms. The molecule has 3 nitrogen and oxygen atoms in total. The quantitative estimate of drug-likeness (QED) is 0.584. The van der Waals surface area contributed by atoms with E-state index >= 15 is 0 Å². The Morgan fingerprint density at radius 2 is 2.07 bits per heavy atom. The monoisotopic (exact) mass is 229 g/mol. The van der Waals surface area contributed by atoms with E-state index in [2.05, 4.69) is 10.4 Å². The van der Waals surface area contributed by atoms with Crippen LogP contribution in [0.2, 0.25) is 5.02 Å². The van der Waals surface area contributed by atoms with Crippen LogP contribution in [0.1, 0.15) is 0 Å². The molecular formula is C9H9Cl2N3. The van der Waals surface area contributed by atoms with E-state index < -0.39 is 0 Å². The summed E-state index contributed by atoms with van der Waals surface area (Å²) in [6.07, 6.45) is 1.67. The Morgan fingerprint density at radius 3 is 2.79 bits per heavy atom. The maximum absolute atomic E-state index is 5.95. The van der Waals surface area contributed by atoms with Crippen molar-refractivity contribution in [2.45, 2.75) is 0 Å². The van der Waals surface area contributed by atoms with E-state index in [4.69, 9.17) is 17.4 Å². The number of nitrogens with zero attached hydrogens (tertiary/aromatic N) is 1. The van der Waals surface area contributed by atoms with Crippen molar-refractivity contribution < 1.29 is 0 Å². The number of para-hydroxylation sites is 1. The van der Waals surface area contributed by atoms with Gasteiger partial charge in [-0.05, 0) is 12.1 Å². The molecule has 2 rings (SSSR count). The van der Waals surface area contributed by atoms with Gasteiger partial charge in [0.2, 0.25) is 0 Å². The van der Waals surface area contributed by atoms with E-state index in [1.165, 1.54) is 0 Å². The van der Waals surface area contributed by atoms with Gasteiger partial charge in [0.1, 0.15) is 0 Å². The molecule has 1 aromatic heterocycles. The molecule has 0 amide bonds. The number of hydrogen-bond donors (Lipinski definition) is 2. The molecule has 0 spiro atoms. The zero-order valence-electron chi connectivity index (χ0n) is 7.20. The van der Waals surface area contributed by atoms with Crippen LogP contribution < -0.4 is 11.3 Å². The lowest BCUT2D eigenvalue weighted by molar-refractivity contribution is 1.33. The van der Waals surface area contributed by atoms with Gasteiger partial charge in [-0.15, -0.1) is 12.4 Å². The highest BCUT2D eigenvalue weighted by Gasteiger charge is 2.02. The van der Waals surface area contributed by atoms with Crippen LogP contribution >= 0.6 is 24.0 Å². The van der Waals surface area contributed by atoms with Gasteiger partial charge in [-0.2, -0.15) is 0 Å². The fourth-order valence-electron chi connectivity index (χ4n) is 1.27. The van der Waals surface area contributed by atoms with E-state index in [9.17, 15) is 0 Å². The van der Waals surface area contributed by atoms with Crippen LogP contribution in [0.5, 0.6) is 0 Å². The molecule has 0 saturated heterocycles. The molecule has 14 heavy (non-hydrogen) atoms. The maximum atomic E-state index is 5.95. The van der Waals surface area contributed by atoms with Crippen LogP contribution in [0.25, 0.3) is 10.9 Å². The molecule has 3 N–H and O–H groups in total. The van der Waals surface area contributed by atoms with Gasteiger partial charge >= 0.3 is 0 Å². The van der Waals surface area contributed by atoms with Gasteiger partial charge in [-0.3, -0.25) is 10.8 Å². The minimum Gasteiger partial charge on any atom is -0.323 e. The number of rotatable bonds is 1. The average molecular weight is 230 g/mol. The largest absolute Gasteiger partial charge is 0.323 e. The molecule has 2 aromatic rings. The fraction of sp³-hybridized carbons (Fsp3) is 0. The second-order valence-corrected chi connectivity index (χ2v) is 3.05. The first-order chi connectivity index (χ1) is 6.33. The molecule has 0 aliphatic heterocycles.